The molecule has 6 nitrogen and oxygen atoms in total. The molecule has 1 aromatic carbocycles. The van der Waals surface area contributed by atoms with E-state index in [9.17, 15) is 19.5 Å². The molecule has 0 saturated heterocycles. The van der Waals surface area contributed by atoms with Crippen LogP contribution in [0.15, 0.2) is 29.5 Å². The van der Waals surface area contributed by atoms with Crippen LogP contribution in [0.2, 0.25) is 5.02 Å². The molecule has 2 rings (SSSR count). The van der Waals surface area contributed by atoms with Crippen molar-refractivity contribution in [1.82, 2.24) is 4.90 Å². The van der Waals surface area contributed by atoms with Crippen molar-refractivity contribution < 1.29 is 24.2 Å². The van der Waals surface area contributed by atoms with Gasteiger partial charge >= 0.3 is 0 Å². The molecule has 0 aromatic heterocycles. The van der Waals surface area contributed by atoms with E-state index in [4.69, 9.17) is 16.3 Å². The van der Waals surface area contributed by atoms with E-state index < -0.39 is 17.7 Å². The molecule has 1 aromatic rings. The Labute approximate surface area is 232 Å². The van der Waals surface area contributed by atoms with Crippen molar-refractivity contribution in [2.45, 2.75) is 86.6 Å². The first-order valence-corrected chi connectivity index (χ1v) is 14.8. The van der Waals surface area contributed by atoms with Gasteiger partial charge in [-0.25, -0.2) is 0 Å². The summed E-state index contributed by atoms with van der Waals surface area (Å²) >= 11 is 7.52. The Balaban J connectivity index is 0.00000334. The number of aliphatic hydroxyl groups excluding tert-OH is 1. The summed E-state index contributed by atoms with van der Waals surface area (Å²) in [6, 6.07) is 4.52. The van der Waals surface area contributed by atoms with Gasteiger partial charge in [-0.1, -0.05) is 53.1 Å². The van der Waals surface area contributed by atoms with Crippen molar-refractivity contribution in [3.05, 3.63) is 40.1 Å². The number of amides is 2. The van der Waals surface area contributed by atoms with E-state index in [2.05, 4.69) is 20.8 Å². The Morgan fingerprint density at radius 2 is 1.89 bits per heavy atom. The minimum Gasteiger partial charge on any atom is -0.509 e. The molecule has 1 aliphatic rings. The van der Waals surface area contributed by atoms with Crippen molar-refractivity contribution in [2.24, 2.45) is 11.3 Å². The molecule has 0 aliphatic carbocycles. The molecule has 2 unspecified atom stereocenters. The summed E-state index contributed by atoms with van der Waals surface area (Å²) < 4.78 is 5.73. The van der Waals surface area contributed by atoms with E-state index in [1.54, 1.807) is 30.0 Å². The van der Waals surface area contributed by atoms with Gasteiger partial charge in [-0.2, -0.15) is 11.8 Å². The zero-order valence-corrected chi connectivity index (χ0v) is 25.2. The smallest absolute Gasteiger partial charge is 0.268 e. The Kier molecular flexibility index (Phi) is 13.8. The standard InChI is InChI=1S/C27H38ClNO5S.C2H6/c1-17(16-27(3,4)5)14-23(31)29-20(11-13-35-6)25(32)24(26(29)33)21(30)8-7-12-34-22-10-9-19(28)15-18(22)2;1-2/h9-10,15,17,20,32H,7-8,11-14,16H2,1-6H3;1-2H3. The highest BCUT2D eigenvalue weighted by atomic mass is 35.5. The van der Waals surface area contributed by atoms with Gasteiger partial charge in [0.05, 0.1) is 12.6 Å². The maximum Gasteiger partial charge on any atom is 0.268 e. The molecule has 0 saturated carbocycles. The molecule has 2 atom stereocenters. The van der Waals surface area contributed by atoms with Gasteiger partial charge < -0.3 is 9.84 Å². The number of ketones is 1. The second-order valence-corrected chi connectivity index (χ2v) is 11.9. The summed E-state index contributed by atoms with van der Waals surface area (Å²) in [5.74, 6) is -0.351. The summed E-state index contributed by atoms with van der Waals surface area (Å²) in [5, 5.41) is 11.5. The van der Waals surface area contributed by atoms with Crippen molar-refractivity contribution in [3.8, 4) is 5.75 Å². The van der Waals surface area contributed by atoms with Crippen LogP contribution in [0.3, 0.4) is 0 Å². The maximum atomic E-state index is 13.2. The van der Waals surface area contributed by atoms with Gasteiger partial charge in [0.2, 0.25) is 5.91 Å². The number of aryl methyl sites for hydroxylation is 1. The number of hydrogen-bond donors (Lipinski definition) is 1. The predicted molar refractivity (Wildman–Crippen MR) is 153 cm³/mol. The summed E-state index contributed by atoms with van der Waals surface area (Å²) in [7, 11) is 0. The zero-order valence-electron chi connectivity index (χ0n) is 23.7. The molecule has 0 spiro atoms. The lowest BCUT2D eigenvalue weighted by molar-refractivity contribution is -0.144. The maximum absolute atomic E-state index is 13.2. The molecule has 0 fully saturated rings. The van der Waals surface area contributed by atoms with E-state index in [1.807, 2.05) is 34.0 Å². The molecular weight excluding hydrogens is 510 g/mol. The highest BCUT2D eigenvalue weighted by Gasteiger charge is 2.45. The van der Waals surface area contributed by atoms with Gasteiger partial charge in [-0.05, 0) is 73.3 Å². The number of imide groups is 1. The topological polar surface area (TPSA) is 83.9 Å². The van der Waals surface area contributed by atoms with Gasteiger partial charge in [0.15, 0.2) is 5.78 Å². The number of Topliss-reactive ketones (excluding diaryl/α,β-unsaturated/α-hetero) is 1. The number of thioether (sulfide) groups is 1. The van der Waals surface area contributed by atoms with Crippen LogP contribution < -0.4 is 4.74 Å². The van der Waals surface area contributed by atoms with E-state index >= 15 is 0 Å². The van der Waals surface area contributed by atoms with Crippen molar-refractivity contribution >= 4 is 41.0 Å². The first-order valence-electron chi connectivity index (χ1n) is 13.1. The van der Waals surface area contributed by atoms with Crippen LogP contribution in [0.5, 0.6) is 5.75 Å². The van der Waals surface area contributed by atoms with Crippen LogP contribution in [0.1, 0.15) is 79.2 Å². The third-order valence-electron chi connectivity index (χ3n) is 5.89. The van der Waals surface area contributed by atoms with E-state index in [0.29, 0.717) is 29.4 Å². The van der Waals surface area contributed by atoms with Crippen LogP contribution in [-0.2, 0) is 14.4 Å². The van der Waals surface area contributed by atoms with Crippen LogP contribution in [-0.4, -0.2) is 52.3 Å². The summed E-state index contributed by atoms with van der Waals surface area (Å²) in [6.45, 7) is 14.5. The Morgan fingerprint density at radius 3 is 2.46 bits per heavy atom. The first-order chi connectivity index (χ1) is 17.4. The molecule has 208 valence electrons. The molecular formula is C29H44ClNO5S. The molecule has 0 bridgehead atoms. The number of ether oxygens (including phenoxy) is 1. The molecule has 1 N–H and O–H groups in total. The molecule has 2 amide bonds. The highest BCUT2D eigenvalue weighted by Crippen LogP contribution is 2.32. The SMILES string of the molecule is CC.CSCCC1C(O)=C(C(=O)CCCOc2ccc(Cl)cc2C)C(=O)N1C(=O)CC(C)CC(C)(C)C. The summed E-state index contributed by atoms with van der Waals surface area (Å²) in [5.41, 5.74) is 0.693. The van der Waals surface area contributed by atoms with Gasteiger partial charge in [0.25, 0.3) is 5.91 Å². The number of rotatable bonds is 12. The number of aliphatic hydroxyl groups is 1. The largest absolute Gasteiger partial charge is 0.509 e. The third kappa shape index (κ3) is 10.0. The fourth-order valence-electron chi connectivity index (χ4n) is 4.53. The Hall–Kier alpha value is -1.99. The third-order valence-corrected chi connectivity index (χ3v) is 6.76. The van der Waals surface area contributed by atoms with Crippen LogP contribution in [0, 0.1) is 18.3 Å². The van der Waals surface area contributed by atoms with Crippen LogP contribution >= 0.6 is 23.4 Å². The van der Waals surface area contributed by atoms with Crippen molar-refractivity contribution in [2.75, 3.05) is 18.6 Å². The van der Waals surface area contributed by atoms with Gasteiger partial charge in [0, 0.05) is 17.9 Å². The fraction of sp³-hybridized carbons (Fsp3) is 0.621. The average molecular weight is 554 g/mol. The second kappa shape index (κ2) is 15.4. The fourth-order valence-corrected chi connectivity index (χ4v) is 5.22. The minimum absolute atomic E-state index is 0.0372. The molecule has 1 aliphatic heterocycles. The minimum atomic E-state index is -0.781. The van der Waals surface area contributed by atoms with Gasteiger partial charge in [0.1, 0.15) is 17.1 Å². The van der Waals surface area contributed by atoms with Crippen molar-refractivity contribution in [3.63, 3.8) is 0 Å². The quantitative estimate of drug-likeness (QED) is 0.218. The highest BCUT2D eigenvalue weighted by molar-refractivity contribution is 7.98. The average Bonchev–Trinajstić information content (AvgIpc) is 3.05. The second-order valence-electron chi connectivity index (χ2n) is 10.5. The zero-order chi connectivity index (χ0) is 28.3. The molecule has 8 heteroatoms. The number of halogens is 1. The molecule has 37 heavy (non-hydrogen) atoms. The summed E-state index contributed by atoms with van der Waals surface area (Å²) in [6.07, 6.45) is 3.76. The number of nitrogens with zero attached hydrogens (tertiary/aromatic N) is 1. The number of benzene rings is 1. The predicted octanol–water partition coefficient (Wildman–Crippen LogP) is 7.17. The van der Waals surface area contributed by atoms with Gasteiger partial charge in [-0.3, -0.25) is 19.3 Å². The normalized spacial score (nSPS) is 16.4. The monoisotopic (exact) mass is 553 g/mol. The lowest BCUT2D eigenvalue weighted by Crippen LogP contribution is -2.42. The van der Waals surface area contributed by atoms with E-state index in [1.165, 1.54) is 0 Å². The van der Waals surface area contributed by atoms with Crippen LogP contribution in [0.25, 0.3) is 0 Å². The number of carbonyl (C=O) groups is 3. The van der Waals surface area contributed by atoms with E-state index in [-0.39, 0.29) is 48.0 Å². The lowest BCUT2D eigenvalue weighted by atomic mass is 9.84. The lowest BCUT2D eigenvalue weighted by Gasteiger charge is -2.27. The van der Waals surface area contributed by atoms with Gasteiger partial charge in [-0.15, -0.1) is 0 Å². The summed E-state index contributed by atoms with van der Waals surface area (Å²) in [4.78, 5) is 40.4. The Morgan fingerprint density at radius 1 is 1.24 bits per heavy atom. The van der Waals surface area contributed by atoms with Crippen LogP contribution in [0.4, 0.5) is 0 Å². The number of hydrogen-bond acceptors (Lipinski definition) is 6. The van der Waals surface area contributed by atoms with Crippen molar-refractivity contribution in [1.29, 1.82) is 0 Å². The van der Waals surface area contributed by atoms with E-state index in [0.717, 1.165) is 16.9 Å². The molecule has 0 radical (unpaired) electrons. The number of carbonyl (C=O) groups excluding carboxylic acids is 3. The first kappa shape index (κ1) is 33.0. The Bertz CT molecular complexity index is 970. The molecule has 1 heterocycles.